The van der Waals surface area contributed by atoms with Gasteiger partial charge in [-0.2, -0.15) is 0 Å². The molecule has 1 fully saturated rings. The molecule has 172 valence electrons. The third-order valence-corrected chi connectivity index (χ3v) is 5.91. The molecule has 33 heavy (non-hydrogen) atoms. The summed E-state index contributed by atoms with van der Waals surface area (Å²) in [6.07, 6.45) is -0.144. The number of nitrogens with one attached hydrogen (secondary N) is 3. The third kappa shape index (κ3) is 4.60. The Balaban J connectivity index is 1.45. The molecule has 0 spiro atoms. The quantitative estimate of drug-likeness (QED) is 0.476. The lowest BCUT2D eigenvalue weighted by atomic mass is 10.0. The van der Waals surface area contributed by atoms with E-state index in [1.54, 1.807) is 12.1 Å². The number of H-pyrrole nitrogens is 1. The zero-order valence-corrected chi connectivity index (χ0v) is 19.3. The van der Waals surface area contributed by atoms with Gasteiger partial charge in [-0.3, -0.25) is 9.59 Å². The molecule has 3 aromatic rings. The predicted molar refractivity (Wildman–Crippen MR) is 127 cm³/mol. The van der Waals surface area contributed by atoms with Crippen molar-refractivity contribution in [3.05, 3.63) is 59.9 Å². The molecule has 0 aliphatic carbocycles. The number of carbonyl (C=O) groups excluding carboxylic acids is 3. The highest BCUT2D eigenvalue weighted by Crippen LogP contribution is 2.25. The van der Waals surface area contributed by atoms with Gasteiger partial charge in [0, 0.05) is 0 Å². The van der Waals surface area contributed by atoms with E-state index in [9.17, 15) is 14.4 Å². The minimum absolute atomic E-state index is 0.0688. The van der Waals surface area contributed by atoms with Crippen LogP contribution in [0.3, 0.4) is 0 Å². The summed E-state index contributed by atoms with van der Waals surface area (Å²) in [4.78, 5) is 47.2. The van der Waals surface area contributed by atoms with E-state index in [-0.39, 0.29) is 24.3 Å². The van der Waals surface area contributed by atoms with E-state index in [4.69, 9.17) is 0 Å². The number of benzene rings is 2. The van der Waals surface area contributed by atoms with Crippen LogP contribution in [0.2, 0.25) is 0 Å². The van der Waals surface area contributed by atoms with Crippen LogP contribution in [0, 0.1) is 5.92 Å². The average molecular weight is 448 g/mol. The van der Waals surface area contributed by atoms with Crippen molar-refractivity contribution in [2.75, 3.05) is 4.90 Å². The highest BCUT2D eigenvalue weighted by molar-refractivity contribution is 6.22. The first-order valence-corrected chi connectivity index (χ1v) is 11.2. The Kier molecular flexibility index (Phi) is 6.18. The normalized spacial score (nSPS) is 17.2. The van der Waals surface area contributed by atoms with E-state index in [2.05, 4.69) is 34.4 Å². The monoisotopic (exact) mass is 447 g/mol. The van der Waals surface area contributed by atoms with Crippen molar-refractivity contribution in [2.24, 2.45) is 5.92 Å². The number of para-hydroxylation sites is 2. The maximum Gasteiger partial charge on any atom is 0.329 e. The van der Waals surface area contributed by atoms with Crippen LogP contribution < -0.4 is 15.5 Å². The van der Waals surface area contributed by atoms with Crippen LogP contribution in [0.25, 0.3) is 11.0 Å². The van der Waals surface area contributed by atoms with E-state index >= 15 is 0 Å². The smallest absolute Gasteiger partial charge is 0.329 e. The summed E-state index contributed by atoms with van der Waals surface area (Å²) in [7, 11) is 0. The van der Waals surface area contributed by atoms with Crippen LogP contribution in [-0.2, 0) is 9.59 Å². The Morgan fingerprint density at radius 1 is 1.06 bits per heavy atom. The summed E-state index contributed by atoms with van der Waals surface area (Å²) < 4.78 is 0. The molecule has 0 saturated carbocycles. The number of anilines is 1. The molecule has 2 heterocycles. The Hall–Kier alpha value is -3.68. The minimum atomic E-state index is -0.911. The third-order valence-electron chi connectivity index (χ3n) is 5.91. The number of imide groups is 1. The summed E-state index contributed by atoms with van der Waals surface area (Å²) in [6.45, 7) is 8.13. The Morgan fingerprint density at radius 2 is 1.76 bits per heavy atom. The van der Waals surface area contributed by atoms with Crippen molar-refractivity contribution in [2.45, 2.75) is 52.1 Å². The number of rotatable bonds is 7. The van der Waals surface area contributed by atoms with Gasteiger partial charge in [0.15, 0.2) is 0 Å². The van der Waals surface area contributed by atoms with Crippen LogP contribution >= 0.6 is 0 Å². The van der Waals surface area contributed by atoms with Gasteiger partial charge in [0.05, 0.1) is 29.2 Å². The van der Waals surface area contributed by atoms with Gasteiger partial charge in [-0.05, 0) is 41.7 Å². The lowest BCUT2D eigenvalue weighted by molar-refractivity contribution is -0.126. The Morgan fingerprint density at radius 3 is 2.39 bits per heavy atom. The summed E-state index contributed by atoms with van der Waals surface area (Å²) in [5.74, 6) is 0.314. The highest BCUT2D eigenvalue weighted by Gasteiger charge is 2.40. The molecule has 4 rings (SSSR count). The minimum Gasteiger partial charge on any atom is -0.346 e. The molecule has 2 aromatic carbocycles. The maximum absolute atomic E-state index is 12.9. The predicted octanol–water partition coefficient (Wildman–Crippen LogP) is 4.01. The fourth-order valence-electron chi connectivity index (χ4n) is 4.01. The number of aromatic nitrogens is 2. The SMILES string of the molecule is CC(C)c1ccc(N2C(=O)N[C@H](CC(=O)N[C@H](c3nc4ccccc4[nH]3)C(C)C)C2=O)cc1. The van der Waals surface area contributed by atoms with Crippen LogP contribution in [-0.4, -0.2) is 33.9 Å². The van der Waals surface area contributed by atoms with Gasteiger partial charge in [0.1, 0.15) is 11.9 Å². The molecule has 8 heteroatoms. The molecular weight excluding hydrogens is 418 g/mol. The molecule has 0 unspecified atom stereocenters. The second-order valence-electron chi connectivity index (χ2n) is 9.05. The van der Waals surface area contributed by atoms with E-state index in [1.807, 2.05) is 50.2 Å². The van der Waals surface area contributed by atoms with Crippen molar-refractivity contribution in [1.29, 1.82) is 0 Å². The van der Waals surface area contributed by atoms with Gasteiger partial charge in [-0.15, -0.1) is 0 Å². The van der Waals surface area contributed by atoms with E-state index < -0.39 is 18.0 Å². The van der Waals surface area contributed by atoms with Crippen molar-refractivity contribution >= 4 is 34.6 Å². The molecular formula is C25H29N5O3. The summed E-state index contributed by atoms with van der Waals surface area (Å²) in [5, 5.41) is 5.61. The number of imidazole rings is 1. The van der Waals surface area contributed by atoms with Crippen molar-refractivity contribution in [1.82, 2.24) is 20.6 Å². The molecule has 2 atom stereocenters. The van der Waals surface area contributed by atoms with Gasteiger partial charge < -0.3 is 15.6 Å². The summed E-state index contributed by atoms with van der Waals surface area (Å²) in [5.41, 5.74) is 3.33. The molecule has 0 radical (unpaired) electrons. The van der Waals surface area contributed by atoms with Crippen LogP contribution in [0.4, 0.5) is 10.5 Å². The van der Waals surface area contributed by atoms with Crippen molar-refractivity contribution < 1.29 is 14.4 Å². The lowest BCUT2D eigenvalue weighted by Gasteiger charge is -2.21. The van der Waals surface area contributed by atoms with Crippen LogP contribution in [0.15, 0.2) is 48.5 Å². The maximum atomic E-state index is 12.9. The number of nitrogens with zero attached hydrogens (tertiary/aromatic N) is 2. The number of urea groups is 1. The van der Waals surface area contributed by atoms with Crippen molar-refractivity contribution in [3.8, 4) is 0 Å². The zero-order chi connectivity index (χ0) is 23.7. The van der Waals surface area contributed by atoms with Crippen molar-refractivity contribution in [3.63, 3.8) is 0 Å². The number of aromatic amines is 1. The van der Waals surface area contributed by atoms with Crippen LogP contribution in [0.5, 0.6) is 0 Å². The number of fused-ring (bicyclic) bond motifs is 1. The first-order valence-electron chi connectivity index (χ1n) is 11.2. The molecule has 8 nitrogen and oxygen atoms in total. The van der Waals surface area contributed by atoms with Gasteiger partial charge in [-0.1, -0.05) is 52.0 Å². The van der Waals surface area contributed by atoms with E-state index in [0.29, 0.717) is 17.4 Å². The highest BCUT2D eigenvalue weighted by atomic mass is 16.2. The first kappa shape index (κ1) is 22.5. The fourth-order valence-corrected chi connectivity index (χ4v) is 4.01. The van der Waals surface area contributed by atoms with Gasteiger partial charge >= 0.3 is 6.03 Å². The molecule has 1 aliphatic heterocycles. The van der Waals surface area contributed by atoms with E-state index in [0.717, 1.165) is 21.5 Å². The Bertz CT molecular complexity index is 1150. The number of carbonyl (C=O) groups is 3. The van der Waals surface area contributed by atoms with Crippen LogP contribution in [0.1, 0.15) is 57.5 Å². The second kappa shape index (κ2) is 9.05. The molecule has 1 saturated heterocycles. The van der Waals surface area contributed by atoms with Gasteiger partial charge in [-0.25, -0.2) is 14.7 Å². The molecule has 0 bridgehead atoms. The molecule has 1 aromatic heterocycles. The number of hydrogen-bond acceptors (Lipinski definition) is 4. The lowest BCUT2D eigenvalue weighted by Crippen LogP contribution is -2.39. The summed E-state index contributed by atoms with van der Waals surface area (Å²) in [6, 6.07) is 13.2. The summed E-state index contributed by atoms with van der Waals surface area (Å²) >= 11 is 0. The number of amides is 4. The number of hydrogen-bond donors (Lipinski definition) is 3. The average Bonchev–Trinajstić information content (AvgIpc) is 3.32. The zero-order valence-electron chi connectivity index (χ0n) is 19.3. The first-order chi connectivity index (χ1) is 15.7. The topological polar surface area (TPSA) is 107 Å². The molecule has 3 N–H and O–H groups in total. The molecule has 1 aliphatic rings. The van der Waals surface area contributed by atoms with Gasteiger partial charge in [0.25, 0.3) is 5.91 Å². The Labute approximate surface area is 192 Å². The largest absolute Gasteiger partial charge is 0.346 e. The standard InChI is InChI=1S/C25H29N5O3/c1-14(2)16-9-11-17(12-10-16)30-24(32)20(28-25(30)33)13-21(31)29-22(15(3)4)23-26-18-7-5-6-8-19(18)27-23/h5-12,14-15,20,22H,13H2,1-4H3,(H,26,27)(H,28,33)(H,29,31)/t20-,22+/m1/s1. The second-order valence-corrected chi connectivity index (χ2v) is 9.05. The van der Waals surface area contributed by atoms with E-state index in [1.165, 1.54) is 0 Å². The molecule has 4 amide bonds. The van der Waals surface area contributed by atoms with Gasteiger partial charge in [0.2, 0.25) is 5.91 Å². The fraction of sp³-hybridized carbons (Fsp3) is 0.360.